The Hall–Kier alpha value is -2.96. The minimum atomic E-state index is -1.24. The number of hydrogen-bond acceptors (Lipinski definition) is 4. The summed E-state index contributed by atoms with van der Waals surface area (Å²) in [6.07, 6.45) is 0. The first-order valence-electron chi connectivity index (χ1n) is 5.47. The van der Waals surface area contributed by atoms with Crippen molar-refractivity contribution < 1.29 is 24.2 Å². The molecule has 0 aliphatic heterocycles. The monoisotopic (exact) mass is 276 g/mol. The highest BCUT2D eigenvalue weighted by Gasteiger charge is 2.14. The molecule has 1 aromatic heterocycles. The Bertz CT molecular complexity index is 688. The predicted octanol–water partition coefficient (Wildman–Crippen LogP) is 1.88. The van der Waals surface area contributed by atoms with Gasteiger partial charge in [0.15, 0.2) is 5.69 Å². The highest BCUT2D eigenvalue weighted by Crippen LogP contribution is 2.19. The van der Waals surface area contributed by atoms with Crippen LogP contribution < -0.4 is 5.32 Å². The number of benzene rings is 1. The Morgan fingerprint density at radius 3 is 2.65 bits per heavy atom. The highest BCUT2D eigenvalue weighted by molar-refractivity contribution is 6.05. The first-order valence-corrected chi connectivity index (χ1v) is 5.47. The number of aromatic hydroxyl groups is 1. The summed E-state index contributed by atoms with van der Waals surface area (Å²) < 4.78 is 13.0. The number of carbonyl (C=O) groups is 2. The molecule has 0 saturated heterocycles. The standard InChI is InChI=1S/C13H9FN2O4/c14-7-4-5-10(17)8(6-7)12(18)16-11-3-1-2-9(15-11)13(19)20/h1-6,17H,(H,19,20)(H,15,16,18). The maximum absolute atomic E-state index is 13.0. The fourth-order valence-corrected chi connectivity index (χ4v) is 1.50. The van der Waals surface area contributed by atoms with Crippen molar-refractivity contribution in [3.63, 3.8) is 0 Å². The molecule has 1 heterocycles. The Balaban J connectivity index is 2.25. The van der Waals surface area contributed by atoms with E-state index in [0.29, 0.717) is 0 Å². The van der Waals surface area contributed by atoms with Gasteiger partial charge in [0.2, 0.25) is 0 Å². The summed E-state index contributed by atoms with van der Waals surface area (Å²) in [6, 6.07) is 6.96. The summed E-state index contributed by atoms with van der Waals surface area (Å²) in [5.41, 5.74) is -0.515. The van der Waals surface area contributed by atoms with Crippen LogP contribution in [0, 0.1) is 5.82 Å². The van der Waals surface area contributed by atoms with E-state index in [1.807, 2.05) is 0 Å². The zero-order valence-electron chi connectivity index (χ0n) is 10.0. The van der Waals surface area contributed by atoms with E-state index in [1.165, 1.54) is 18.2 Å². The number of carbonyl (C=O) groups excluding carboxylic acids is 1. The van der Waals surface area contributed by atoms with Crippen LogP contribution in [0.5, 0.6) is 5.75 Å². The summed E-state index contributed by atoms with van der Waals surface area (Å²) in [4.78, 5) is 26.3. The van der Waals surface area contributed by atoms with E-state index in [0.717, 1.165) is 18.2 Å². The molecule has 0 saturated carbocycles. The molecule has 0 unspecified atom stereocenters. The van der Waals surface area contributed by atoms with Crippen molar-refractivity contribution in [3.8, 4) is 5.75 Å². The zero-order chi connectivity index (χ0) is 14.7. The summed E-state index contributed by atoms with van der Waals surface area (Å²) in [5, 5.41) is 20.5. The van der Waals surface area contributed by atoms with Gasteiger partial charge in [0.25, 0.3) is 5.91 Å². The zero-order valence-corrected chi connectivity index (χ0v) is 10.0. The van der Waals surface area contributed by atoms with Gasteiger partial charge in [-0.2, -0.15) is 0 Å². The van der Waals surface area contributed by atoms with Gasteiger partial charge in [0, 0.05) is 0 Å². The maximum atomic E-state index is 13.0. The number of aromatic nitrogens is 1. The van der Waals surface area contributed by atoms with E-state index in [1.54, 1.807) is 0 Å². The Labute approximate surface area is 112 Å². The van der Waals surface area contributed by atoms with E-state index in [4.69, 9.17) is 5.11 Å². The average molecular weight is 276 g/mol. The summed E-state index contributed by atoms with van der Waals surface area (Å²) >= 11 is 0. The Morgan fingerprint density at radius 2 is 1.95 bits per heavy atom. The van der Waals surface area contributed by atoms with Gasteiger partial charge < -0.3 is 15.5 Å². The van der Waals surface area contributed by atoms with E-state index in [-0.39, 0.29) is 17.1 Å². The molecule has 0 radical (unpaired) electrons. The van der Waals surface area contributed by atoms with E-state index in [2.05, 4.69) is 10.3 Å². The van der Waals surface area contributed by atoms with Gasteiger partial charge in [-0.3, -0.25) is 4.79 Å². The molecule has 0 atom stereocenters. The normalized spacial score (nSPS) is 10.1. The van der Waals surface area contributed by atoms with Crippen LogP contribution in [-0.2, 0) is 0 Å². The average Bonchev–Trinajstić information content (AvgIpc) is 2.41. The van der Waals surface area contributed by atoms with Gasteiger partial charge in [-0.1, -0.05) is 6.07 Å². The molecule has 2 aromatic rings. The fraction of sp³-hybridized carbons (Fsp3) is 0. The highest BCUT2D eigenvalue weighted by atomic mass is 19.1. The number of phenols is 1. The lowest BCUT2D eigenvalue weighted by atomic mass is 10.2. The van der Waals surface area contributed by atoms with Crippen LogP contribution in [0.15, 0.2) is 36.4 Å². The van der Waals surface area contributed by atoms with Crippen molar-refractivity contribution in [3.05, 3.63) is 53.5 Å². The van der Waals surface area contributed by atoms with Gasteiger partial charge in [-0.15, -0.1) is 0 Å². The van der Waals surface area contributed by atoms with Crippen molar-refractivity contribution in [2.24, 2.45) is 0 Å². The van der Waals surface area contributed by atoms with E-state index < -0.39 is 23.4 Å². The molecule has 1 aromatic carbocycles. The molecule has 20 heavy (non-hydrogen) atoms. The minimum absolute atomic E-state index is 0.0152. The SMILES string of the molecule is O=C(O)c1cccc(NC(=O)c2cc(F)ccc2O)n1. The van der Waals surface area contributed by atoms with Gasteiger partial charge in [-0.25, -0.2) is 14.2 Å². The molecule has 3 N–H and O–H groups in total. The van der Waals surface area contributed by atoms with Crippen LogP contribution >= 0.6 is 0 Å². The van der Waals surface area contributed by atoms with Crippen molar-refractivity contribution in [1.82, 2.24) is 4.98 Å². The number of amides is 1. The summed E-state index contributed by atoms with van der Waals surface area (Å²) in [5.74, 6) is -3.12. The predicted molar refractivity (Wildman–Crippen MR) is 67.2 cm³/mol. The molecule has 1 amide bonds. The van der Waals surface area contributed by atoms with Gasteiger partial charge in [0.05, 0.1) is 5.56 Å². The van der Waals surface area contributed by atoms with Crippen molar-refractivity contribution in [1.29, 1.82) is 0 Å². The topological polar surface area (TPSA) is 99.5 Å². The first-order chi connectivity index (χ1) is 9.47. The number of nitrogens with zero attached hydrogens (tertiary/aromatic N) is 1. The van der Waals surface area contributed by atoms with Crippen molar-refractivity contribution in [2.45, 2.75) is 0 Å². The number of nitrogens with one attached hydrogen (secondary N) is 1. The van der Waals surface area contributed by atoms with Gasteiger partial charge in [-0.05, 0) is 30.3 Å². The molecule has 2 rings (SSSR count). The molecule has 0 spiro atoms. The van der Waals surface area contributed by atoms with Crippen molar-refractivity contribution in [2.75, 3.05) is 5.32 Å². The first kappa shape index (κ1) is 13.5. The smallest absolute Gasteiger partial charge is 0.354 e. The minimum Gasteiger partial charge on any atom is -0.507 e. The van der Waals surface area contributed by atoms with Crippen LogP contribution in [0.2, 0.25) is 0 Å². The molecule has 0 fully saturated rings. The quantitative estimate of drug-likeness (QED) is 0.794. The molecule has 102 valence electrons. The van der Waals surface area contributed by atoms with Gasteiger partial charge in [0.1, 0.15) is 17.4 Å². The third kappa shape index (κ3) is 2.89. The number of halogens is 1. The number of aromatic carboxylic acids is 1. The molecule has 0 aliphatic rings. The number of carboxylic acid groups (broad SMARTS) is 1. The second-order valence-corrected chi connectivity index (χ2v) is 3.83. The number of carboxylic acids is 1. The van der Waals surface area contributed by atoms with Crippen LogP contribution in [0.3, 0.4) is 0 Å². The number of anilines is 1. The number of pyridine rings is 1. The summed E-state index contributed by atoms with van der Waals surface area (Å²) in [6.45, 7) is 0. The lowest BCUT2D eigenvalue weighted by molar-refractivity contribution is 0.0690. The number of rotatable bonds is 3. The van der Waals surface area contributed by atoms with Crippen LogP contribution in [0.25, 0.3) is 0 Å². The maximum Gasteiger partial charge on any atom is 0.354 e. The second kappa shape index (κ2) is 5.35. The lowest BCUT2D eigenvalue weighted by Gasteiger charge is -2.06. The second-order valence-electron chi connectivity index (χ2n) is 3.83. The number of phenolic OH excluding ortho intramolecular Hbond substituents is 1. The van der Waals surface area contributed by atoms with Crippen LogP contribution in [0.1, 0.15) is 20.8 Å². The molecule has 7 heteroatoms. The summed E-state index contributed by atoms with van der Waals surface area (Å²) in [7, 11) is 0. The third-order valence-electron chi connectivity index (χ3n) is 2.41. The lowest BCUT2D eigenvalue weighted by Crippen LogP contribution is -2.14. The Kier molecular flexibility index (Phi) is 3.60. The van der Waals surface area contributed by atoms with Crippen molar-refractivity contribution >= 4 is 17.7 Å². The Morgan fingerprint density at radius 1 is 1.20 bits per heavy atom. The van der Waals surface area contributed by atoms with E-state index in [9.17, 15) is 19.1 Å². The fourth-order valence-electron chi connectivity index (χ4n) is 1.50. The third-order valence-corrected chi connectivity index (χ3v) is 2.41. The number of hydrogen-bond donors (Lipinski definition) is 3. The molecule has 0 aliphatic carbocycles. The molecular formula is C13H9FN2O4. The molecule has 6 nitrogen and oxygen atoms in total. The van der Waals surface area contributed by atoms with Crippen LogP contribution in [0.4, 0.5) is 10.2 Å². The molecule has 0 bridgehead atoms. The largest absolute Gasteiger partial charge is 0.507 e. The molecular weight excluding hydrogens is 267 g/mol. The van der Waals surface area contributed by atoms with Gasteiger partial charge >= 0.3 is 5.97 Å². The van der Waals surface area contributed by atoms with Crippen LogP contribution in [-0.4, -0.2) is 27.1 Å². The van der Waals surface area contributed by atoms with E-state index >= 15 is 0 Å².